The standard InChI is InChI=1S/C20H14Cl2N4O/c1-12-18(25-20-23-8-3-9-26(12)20)13-4-2-5-15(10-13)24-19(27)16-7-6-14(21)11-17(16)22/h2-11H,1H3,(H,24,27). The van der Waals surface area contributed by atoms with Crippen LogP contribution in [0.4, 0.5) is 5.69 Å². The van der Waals surface area contributed by atoms with E-state index in [1.54, 1.807) is 24.4 Å². The van der Waals surface area contributed by atoms with Crippen LogP contribution in [0.15, 0.2) is 60.9 Å². The van der Waals surface area contributed by atoms with E-state index in [9.17, 15) is 4.79 Å². The zero-order chi connectivity index (χ0) is 19.0. The molecule has 134 valence electrons. The van der Waals surface area contributed by atoms with Crippen LogP contribution in [-0.2, 0) is 0 Å². The second-order valence-electron chi connectivity index (χ2n) is 5.99. The van der Waals surface area contributed by atoms with Crippen LogP contribution in [0, 0.1) is 6.92 Å². The molecule has 27 heavy (non-hydrogen) atoms. The summed E-state index contributed by atoms with van der Waals surface area (Å²) in [4.78, 5) is 21.4. The molecule has 0 atom stereocenters. The number of amides is 1. The quantitative estimate of drug-likeness (QED) is 0.513. The van der Waals surface area contributed by atoms with Crippen LogP contribution in [-0.4, -0.2) is 20.3 Å². The highest BCUT2D eigenvalue weighted by atomic mass is 35.5. The SMILES string of the molecule is Cc1c(-c2cccc(NC(=O)c3ccc(Cl)cc3Cl)c2)nc2ncccn12. The number of nitrogens with zero attached hydrogens (tertiary/aromatic N) is 3. The molecule has 0 aliphatic rings. The van der Waals surface area contributed by atoms with Gasteiger partial charge in [0.25, 0.3) is 5.91 Å². The summed E-state index contributed by atoms with van der Waals surface area (Å²) in [6, 6.07) is 14.1. The number of aromatic nitrogens is 3. The highest BCUT2D eigenvalue weighted by molar-refractivity contribution is 6.37. The van der Waals surface area contributed by atoms with E-state index in [2.05, 4.69) is 15.3 Å². The Balaban J connectivity index is 1.66. The number of carbonyl (C=O) groups excluding carboxylic acids is 1. The maximum absolute atomic E-state index is 12.5. The van der Waals surface area contributed by atoms with E-state index >= 15 is 0 Å². The van der Waals surface area contributed by atoms with E-state index < -0.39 is 0 Å². The number of hydrogen-bond donors (Lipinski definition) is 1. The van der Waals surface area contributed by atoms with Gasteiger partial charge < -0.3 is 5.32 Å². The summed E-state index contributed by atoms with van der Waals surface area (Å²) in [6.45, 7) is 1.98. The van der Waals surface area contributed by atoms with Crippen LogP contribution in [0.2, 0.25) is 10.0 Å². The number of benzene rings is 2. The van der Waals surface area contributed by atoms with Gasteiger partial charge in [-0.25, -0.2) is 9.97 Å². The topological polar surface area (TPSA) is 59.3 Å². The smallest absolute Gasteiger partial charge is 0.257 e. The van der Waals surface area contributed by atoms with Crippen LogP contribution >= 0.6 is 23.2 Å². The molecular weight excluding hydrogens is 383 g/mol. The van der Waals surface area contributed by atoms with Crippen molar-refractivity contribution in [3.63, 3.8) is 0 Å². The second-order valence-corrected chi connectivity index (χ2v) is 6.84. The summed E-state index contributed by atoms with van der Waals surface area (Å²) in [6.07, 6.45) is 3.63. The fourth-order valence-electron chi connectivity index (χ4n) is 2.89. The first-order chi connectivity index (χ1) is 13.0. The molecule has 2 aromatic carbocycles. The van der Waals surface area contributed by atoms with Gasteiger partial charge in [0, 0.05) is 34.4 Å². The summed E-state index contributed by atoms with van der Waals surface area (Å²) < 4.78 is 1.92. The number of hydrogen-bond acceptors (Lipinski definition) is 3. The van der Waals surface area contributed by atoms with E-state index in [-0.39, 0.29) is 5.91 Å². The lowest BCUT2D eigenvalue weighted by Gasteiger charge is -2.08. The van der Waals surface area contributed by atoms with E-state index in [0.717, 1.165) is 17.0 Å². The minimum atomic E-state index is -0.304. The Morgan fingerprint density at radius 1 is 1.11 bits per heavy atom. The first-order valence-electron chi connectivity index (χ1n) is 8.19. The number of anilines is 1. The maximum Gasteiger partial charge on any atom is 0.257 e. The minimum absolute atomic E-state index is 0.304. The van der Waals surface area contributed by atoms with E-state index in [1.807, 2.05) is 47.9 Å². The van der Waals surface area contributed by atoms with Crippen LogP contribution in [0.3, 0.4) is 0 Å². The number of carbonyl (C=O) groups is 1. The molecule has 7 heteroatoms. The van der Waals surface area contributed by atoms with E-state index in [1.165, 1.54) is 0 Å². The molecule has 0 fully saturated rings. The predicted molar refractivity (Wildman–Crippen MR) is 108 cm³/mol. The fraction of sp³-hybridized carbons (Fsp3) is 0.0500. The summed E-state index contributed by atoms with van der Waals surface area (Å²) >= 11 is 12.0. The average molecular weight is 397 g/mol. The van der Waals surface area contributed by atoms with Crippen molar-refractivity contribution in [3.05, 3.63) is 82.2 Å². The molecule has 1 N–H and O–H groups in total. The molecule has 2 aromatic heterocycles. The van der Waals surface area contributed by atoms with Gasteiger partial charge in [-0.1, -0.05) is 35.3 Å². The van der Waals surface area contributed by atoms with Crippen molar-refractivity contribution < 1.29 is 4.79 Å². The molecule has 0 radical (unpaired) electrons. The van der Waals surface area contributed by atoms with Gasteiger partial charge in [0.05, 0.1) is 16.3 Å². The molecule has 0 unspecified atom stereocenters. The van der Waals surface area contributed by atoms with Gasteiger partial charge in [-0.15, -0.1) is 0 Å². The Labute approximate surface area is 165 Å². The third-order valence-electron chi connectivity index (χ3n) is 4.21. The van der Waals surface area contributed by atoms with Gasteiger partial charge in [-0.3, -0.25) is 9.20 Å². The van der Waals surface area contributed by atoms with Crippen molar-refractivity contribution in [2.45, 2.75) is 6.92 Å². The highest BCUT2D eigenvalue weighted by Crippen LogP contribution is 2.27. The van der Waals surface area contributed by atoms with Crippen LogP contribution in [0.1, 0.15) is 16.1 Å². The fourth-order valence-corrected chi connectivity index (χ4v) is 3.39. The van der Waals surface area contributed by atoms with Crippen molar-refractivity contribution >= 4 is 40.6 Å². The maximum atomic E-state index is 12.5. The van der Waals surface area contributed by atoms with Gasteiger partial charge in [0.2, 0.25) is 5.78 Å². The third kappa shape index (κ3) is 3.39. The van der Waals surface area contributed by atoms with Gasteiger partial charge in [-0.05, 0) is 43.3 Å². The molecule has 4 aromatic rings. The summed E-state index contributed by atoms with van der Waals surface area (Å²) in [5.74, 6) is 0.328. The number of imidazole rings is 1. The molecule has 0 spiro atoms. The first kappa shape index (κ1) is 17.5. The number of nitrogens with one attached hydrogen (secondary N) is 1. The van der Waals surface area contributed by atoms with Crippen LogP contribution < -0.4 is 5.32 Å². The monoisotopic (exact) mass is 396 g/mol. The Bertz CT molecular complexity index is 1170. The molecule has 5 nitrogen and oxygen atoms in total. The number of aryl methyl sites for hydroxylation is 1. The number of rotatable bonds is 3. The third-order valence-corrected chi connectivity index (χ3v) is 4.76. The zero-order valence-corrected chi connectivity index (χ0v) is 15.8. The molecule has 0 aliphatic heterocycles. The molecular formula is C20H14Cl2N4O. The largest absolute Gasteiger partial charge is 0.322 e. The van der Waals surface area contributed by atoms with Gasteiger partial charge in [-0.2, -0.15) is 0 Å². The Morgan fingerprint density at radius 2 is 1.96 bits per heavy atom. The van der Waals surface area contributed by atoms with Crippen molar-refractivity contribution in [2.75, 3.05) is 5.32 Å². The molecule has 0 saturated carbocycles. The van der Waals surface area contributed by atoms with Gasteiger partial charge in [0.1, 0.15) is 0 Å². The average Bonchev–Trinajstić information content (AvgIpc) is 2.99. The van der Waals surface area contributed by atoms with Crippen molar-refractivity contribution in [3.8, 4) is 11.3 Å². The lowest BCUT2D eigenvalue weighted by atomic mass is 10.1. The summed E-state index contributed by atoms with van der Waals surface area (Å²) in [5.41, 5.74) is 3.68. The Kier molecular flexibility index (Phi) is 4.56. The van der Waals surface area contributed by atoms with Gasteiger partial charge >= 0.3 is 0 Å². The van der Waals surface area contributed by atoms with Crippen LogP contribution in [0.5, 0.6) is 0 Å². The molecule has 0 aliphatic carbocycles. The summed E-state index contributed by atoms with van der Waals surface area (Å²) in [5, 5.41) is 3.65. The second kappa shape index (κ2) is 7.02. The first-order valence-corrected chi connectivity index (χ1v) is 8.95. The molecule has 0 bridgehead atoms. The minimum Gasteiger partial charge on any atom is -0.322 e. The normalized spacial score (nSPS) is 10.9. The van der Waals surface area contributed by atoms with Crippen molar-refractivity contribution in [2.24, 2.45) is 0 Å². The number of fused-ring (bicyclic) bond motifs is 1. The predicted octanol–water partition coefficient (Wildman–Crippen LogP) is 5.26. The Morgan fingerprint density at radius 3 is 2.74 bits per heavy atom. The lowest BCUT2D eigenvalue weighted by molar-refractivity contribution is 0.102. The van der Waals surface area contributed by atoms with Gasteiger partial charge in [0.15, 0.2) is 0 Å². The number of halogens is 2. The van der Waals surface area contributed by atoms with Crippen molar-refractivity contribution in [1.82, 2.24) is 14.4 Å². The molecule has 0 saturated heterocycles. The molecule has 4 rings (SSSR count). The molecule has 1 amide bonds. The lowest BCUT2D eigenvalue weighted by Crippen LogP contribution is -2.12. The summed E-state index contributed by atoms with van der Waals surface area (Å²) in [7, 11) is 0. The zero-order valence-electron chi connectivity index (χ0n) is 14.3. The highest BCUT2D eigenvalue weighted by Gasteiger charge is 2.14. The van der Waals surface area contributed by atoms with Crippen LogP contribution in [0.25, 0.3) is 17.0 Å². The van der Waals surface area contributed by atoms with Crippen molar-refractivity contribution in [1.29, 1.82) is 0 Å². The Hall–Kier alpha value is -2.89. The van der Waals surface area contributed by atoms with E-state index in [4.69, 9.17) is 23.2 Å². The van der Waals surface area contributed by atoms with E-state index in [0.29, 0.717) is 27.1 Å². The molecule has 2 heterocycles.